The van der Waals surface area contributed by atoms with Gasteiger partial charge in [0.25, 0.3) is 0 Å². The molecular weight excluding hydrogens is 284 g/mol. The van der Waals surface area contributed by atoms with Gasteiger partial charge in [0.1, 0.15) is 5.82 Å². The monoisotopic (exact) mass is 306 g/mol. The first kappa shape index (κ1) is 14.3. The first-order valence-electron chi connectivity index (χ1n) is 8.36. The van der Waals surface area contributed by atoms with Crippen LogP contribution in [0.4, 0.5) is 5.82 Å². The third kappa shape index (κ3) is 3.08. The molecule has 0 bridgehead atoms. The van der Waals surface area contributed by atoms with Crippen LogP contribution in [0, 0.1) is 0 Å². The van der Waals surface area contributed by atoms with E-state index in [1.54, 1.807) is 0 Å². The second kappa shape index (κ2) is 6.42. The standard InChI is InChI=1S/C19H22N4/c1-2-11-23(10-1)19-7-6-15(13-22-19)12-20-14-16-4-3-5-18-17(16)8-9-21-18/h3-9,13,20-21H,1-2,10-12,14H2. The van der Waals surface area contributed by atoms with Gasteiger partial charge >= 0.3 is 0 Å². The van der Waals surface area contributed by atoms with E-state index in [0.29, 0.717) is 0 Å². The summed E-state index contributed by atoms with van der Waals surface area (Å²) in [5.41, 5.74) is 3.75. The maximum atomic E-state index is 4.61. The van der Waals surface area contributed by atoms with E-state index in [0.717, 1.165) is 32.0 Å². The number of fused-ring (bicyclic) bond motifs is 1. The van der Waals surface area contributed by atoms with Crippen LogP contribution in [0.3, 0.4) is 0 Å². The minimum atomic E-state index is 0.841. The second-order valence-electron chi connectivity index (χ2n) is 6.18. The van der Waals surface area contributed by atoms with Crippen molar-refractivity contribution in [3.05, 3.63) is 59.9 Å². The number of rotatable bonds is 5. The largest absolute Gasteiger partial charge is 0.361 e. The normalized spacial score (nSPS) is 14.7. The van der Waals surface area contributed by atoms with Gasteiger partial charge in [-0.1, -0.05) is 18.2 Å². The van der Waals surface area contributed by atoms with E-state index in [2.05, 4.69) is 56.6 Å². The molecule has 23 heavy (non-hydrogen) atoms. The molecule has 1 aromatic carbocycles. The number of hydrogen-bond donors (Lipinski definition) is 2. The van der Waals surface area contributed by atoms with Crippen LogP contribution >= 0.6 is 0 Å². The average Bonchev–Trinajstić information content (AvgIpc) is 3.27. The maximum Gasteiger partial charge on any atom is 0.128 e. The third-order valence-corrected chi connectivity index (χ3v) is 4.57. The van der Waals surface area contributed by atoms with E-state index in [-0.39, 0.29) is 0 Å². The Labute approximate surface area is 136 Å². The molecule has 0 aliphatic carbocycles. The van der Waals surface area contributed by atoms with Crippen molar-refractivity contribution >= 4 is 16.7 Å². The quantitative estimate of drug-likeness (QED) is 0.759. The zero-order valence-corrected chi connectivity index (χ0v) is 13.3. The molecule has 0 radical (unpaired) electrons. The van der Waals surface area contributed by atoms with Crippen molar-refractivity contribution in [3.63, 3.8) is 0 Å². The van der Waals surface area contributed by atoms with Gasteiger partial charge in [0.2, 0.25) is 0 Å². The number of aromatic nitrogens is 2. The highest BCUT2D eigenvalue weighted by atomic mass is 15.2. The van der Waals surface area contributed by atoms with Gasteiger partial charge in [0.05, 0.1) is 0 Å². The number of anilines is 1. The molecule has 2 N–H and O–H groups in total. The summed E-state index contributed by atoms with van der Waals surface area (Å²) in [5, 5.41) is 4.82. The second-order valence-corrected chi connectivity index (χ2v) is 6.18. The Morgan fingerprint density at radius 3 is 2.78 bits per heavy atom. The van der Waals surface area contributed by atoms with E-state index in [1.807, 2.05) is 12.4 Å². The van der Waals surface area contributed by atoms with E-state index in [1.165, 1.54) is 34.9 Å². The minimum Gasteiger partial charge on any atom is -0.361 e. The summed E-state index contributed by atoms with van der Waals surface area (Å²) < 4.78 is 0. The minimum absolute atomic E-state index is 0.841. The average molecular weight is 306 g/mol. The first-order chi connectivity index (χ1) is 11.4. The predicted molar refractivity (Wildman–Crippen MR) is 94.5 cm³/mol. The van der Waals surface area contributed by atoms with Crippen molar-refractivity contribution in [1.82, 2.24) is 15.3 Å². The topological polar surface area (TPSA) is 44.0 Å². The fraction of sp³-hybridized carbons (Fsp3) is 0.316. The Hall–Kier alpha value is -2.33. The van der Waals surface area contributed by atoms with Crippen LogP contribution < -0.4 is 10.2 Å². The van der Waals surface area contributed by atoms with Gasteiger partial charge < -0.3 is 15.2 Å². The van der Waals surface area contributed by atoms with Gasteiger partial charge in [0, 0.05) is 49.5 Å². The van der Waals surface area contributed by atoms with E-state index < -0.39 is 0 Å². The number of nitrogens with zero attached hydrogens (tertiary/aromatic N) is 2. The molecule has 0 atom stereocenters. The van der Waals surface area contributed by atoms with Gasteiger partial charge in [-0.25, -0.2) is 4.98 Å². The summed E-state index contributed by atoms with van der Waals surface area (Å²) in [6.07, 6.45) is 6.57. The van der Waals surface area contributed by atoms with Crippen LogP contribution in [0.25, 0.3) is 10.9 Å². The van der Waals surface area contributed by atoms with Crippen LogP contribution in [0.1, 0.15) is 24.0 Å². The molecule has 1 fully saturated rings. The Bertz CT molecular complexity index is 769. The molecule has 4 nitrogen and oxygen atoms in total. The molecule has 4 rings (SSSR count). The lowest BCUT2D eigenvalue weighted by Crippen LogP contribution is -2.19. The highest BCUT2D eigenvalue weighted by Crippen LogP contribution is 2.18. The van der Waals surface area contributed by atoms with Gasteiger partial charge in [-0.2, -0.15) is 0 Å². The zero-order chi connectivity index (χ0) is 15.5. The lowest BCUT2D eigenvalue weighted by Gasteiger charge is -2.16. The summed E-state index contributed by atoms with van der Waals surface area (Å²) >= 11 is 0. The summed E-state index contributed by atoms with van der Waals surface area (Å²) in [7, 11) is 0. The zero-order valence-electron chi connectivity index (χ0n) is 13.3. The van der Waals surface area contributed by atoms with E-state index in [4.69, 9.17) is 0 Å². The summed E-state index contributed by atoms with van der Waals surface area (Å²) in [4.78, 5) is 10.2. The molecule has 3 aromatic rings. The Morgan fingerprint density at radius 1 is 1.04 bits per heavy atom. The first-order valence-corrected chi connectivity index (χ1v) is 8.36. The molecule has 2 aromatic heterocycles. The van der Waals surface area contributed by atoms with Crippen LogP contribution in [0.5, 0.6) is 0 Å². The van der Waals surface area contributed by atoms with Gasteiger partial charge in [-0.3, -0.25) is 0 Å². The van der Waals surface area contributed by atoms with Crippen LogP contribution in [0.2, 0.25) is 0 Å². The molecule has 1 aliphatic heterocycles. The molecule has 0 saturated carbocycles. The third-order valence-electron chi connectivity index (χ3n) is 4.57. The molecule has 1 saturated heterocycles. The predicted octanol–water partition coefficient (Wildman–Crippen LogP) is 3.45. The van der Waals surface area contributed by atoms with Gasteiger partial charge in [-0.15, -0.1) is 0 Å². The lowest BCUT2D eigenvalue weighted by molar-refractivity contribution is 0.694. The number of H-pyrrole nitrogens is 1. The molecule has 4 heteroatoms. The highest BCUT2D eigenvalue weighted by molar-refractivity contribution is 5.82. The summed E-state index contributed by atoms with van der Waals surface area (Å²) in [6.45, 7) is 3.99. The van der Waals surface area contributed by atoms with Crippen molar-refractivity contribution in [2.24, 2.45) is 0 Å². The Morgan fingerprint density at radius 2 is 1.96 bits per heavy atom. The fourth-order valence-corrected chi connectivity index (χ4v) is 3.30. The Balaban J connectivity index is 1.36. The van der Waals surface area contributed by atoms with Crippen molar-refractivity contribution in [1.29, 1.82) is 0 Å². The van der Waals surface area contributed by atoms with E-state index in [9.17, 15) is 0 Å². The van der Waals surface area contributed by atoms with Crippen molar-refractivity contribution in [3.8, 4) is 0 Å². The number of nitrogens with one attached hydrogen (secondary N) is 2. The molecule has 118 valence electrons. The van der Waals surface area contributed by atoms with Crippen molar-refractivity contribution in [2.45, 2.75) is 25.9 Å². The smallest absolute Gasteiger partial charge is 0.128 e. The lowest BCUT2D eigenvalue weighted by atomic mass is 10.1. The molecule has 0 spiro atoms. The number of hydrogen-bond acceptors (Lipinski definition) is 3. The maximum absolute atomic E-state index is 4.61. The molecule has 1 aliphatic rings. The molecule has 3 heterocycles. The van der Waals surface area contributed by atoms with Gasteiger partial charge in [0.15, 0.2) is 0 Å². The molecule has 0 unspecified atom stereocenters. The molecule has 0 amide bonds. The summed E-state index contributed by atoms with van der Waals surface area (Å²) in [6, 6.07) is 12.9. The van der Waals surface area contributed by atoms with Crippen molar-refractivity contribution in [2.75, 3.05) is 18.0 Å². The highest BCUT2D eigenvalue weighted by Gasteiger charge is 2.12. The van der Waals surface area contributed by atoms with Crippen molar-refractivity contribution < 1.29 is 0 Å². The summed E-state index contributed by atoms with van der Waals surface area (Å²) in [5.74, 6) is 1.11. The van der Waals surface area contributed by atoms with Crippen LogP contribution in [-0.4, -0.2) is 23.1 Å². The Kier molecular flexibility index (Phi) is 3.99. The van der Waals surface area contributed by atoms with Crippen LogP contribution in [0.15, 0.2) is 48.8 Å². The molecular formula is C19H22N4. The number of benzene rings is 1. The number of aromatic amines is 1. The van der Waals surface area contributed by atoms with Crippen LogP contribution in [-0.2, 0) is 13.1 Å². The number of pyridine rings is 1. The fourth-order valence-electron chi connectivity index (χ4n) is 3.30. The van der Waals surface area contributed by atoms with E-state index >= 15 is 0 Å². The SMILES string of the molecule is c1cc(CNCc2ccc(N3CCCC3)nc2)c2cc[nH]c2c1. The van der Waals surface area contributed by atoms with Gasteiger partial charge in [-0.05, 0) is 42.2 Å².